The fourth-order valence-corrected chi connectivity index (χ4v) is 5.33. The lowest BCUT2D eigenvalue weighted by atomic mass is 9.74. The van der Waals surface area contributed by atoms with E-state index in [-0.39, 0.29) is 16.7 Å². The number of hydrogen-bond donors (Lipinski definition) is 0. The Morgan fingerprint density at radius 2 is 1.78 bits per heavy atom. The van der Waals surface area contributed by atoms with Crippen molar-refractivity contribution in [2.24, 2.45) is 5.41 Å². The minimum Gasteiger partial charge on any atom is -0.497 e. The highest BCUT2D eigenvalue weighted by Crippen LogP contribution is 2.49. The number of nitrogens with zero attached hydrogens (tertiary/aromatic N) is 2. The molecule has 2 aromatic rings. The van der Waals surface area contributed by atoms with E-state index in [1.54, 1.807) is 7.11 Å². The quantitative estimate of drug-likeness (QED) is 0.519. The van der Waals surface area contributed by atoms with Crippen molar-refractivity contribution in [3.63, 3.8) is 0 Å². The number of halogens is 2. The second-order valence-electron chi connectivity index (χ2n) is 10.4. The average molecular weight is 475 g/mol. The van der Waals surface area contributed by atoms with E-state index in [2.05, 4.69) is 37.8 Å². The van der Waals surface area contributed by atoms with Gasteiger partial charge in [-0.2, -0.15) is 0 Å². The van der Waals surface area contributed by atoms with Gasteiger partial charge in [0, 0.05) is 30.6 Å². The van der Waals surface area contributed by atoms with Crippen molar-refractivity contribution in [1.82, 2.24) is 4.90 Å². The largest absolute Gasteiger partial charge is 0.497 e. The maximum absolute atomic E-state index is 13.2. The number of anilines is 1. The number of carbonyl (C=O) groups is 1. The van der Waals surface area contributed by atoms with E-state index in [9.17, 15) is 4.79 Å². The minimum absolute atomic E-state index is 0.0223. The number of fused-ring (bicyclic) bond motifs is 2. The highest BCUT2D eigenvalue weighted by atomic mass is 35.5. The molecule has 0 bridgehead atoms. The lowest BCUT2D eigenvalue weighted by Crippen LogP contribution is -2.46. The molecule has 1 saturated heterocycles. The summed E-state index contributed by atoms with van der Waals surface area (Å²) in [6.45, 7) is 9.90. The molecule has 2 aliphatic rings. The van der Waals surface area contributed by atoms with Gasteiger partial charge in [0.25, 0.3) is 0 Å². The van der Waals surface area contributed by atoms with E-state index < -0.39 is 0 Å². The molecule has 2 aromatic carbocycles. The van der Waals surface area contributed by atoms with Crippen LogP contribution in [0.4, 0.5) is 5.69 Å². The van der Waals surface area contributed by atoms with Crippen LogP contribution in [0.3, 0.4) is 0 Å². The van der Waals surface area contributed by atoms with E-state index in [0.29, 0.717) is 16.5 Å². The predicted octanol–water partition coefficient (Wildman–Crippen LogP) is 6.32. The molecule has 0 saturated carbocycles. The Bertz CT molecular complexity index is 1010. The van der Waals surface area contributed by atoms with Crippen molar-refractivity contribution in [3.05, 3.63) is 57.6 Å². The third-order valence-corrected chi connectivity index (χ3v) is 7.45. The molecule has 0 aromatic heterocycles. The number of rotatable bonds is 4. The van der Waals surface area contributed by atoms with Crippen LogP contribution < -0.4 is 9.64 Å². The van der Waals surface area contributed by atoms with Crippen LogP contribution >= 0.6 is 23.2 Å². The SMILES string of the molecule is COc1ccc2c(c1)C1(CCN(Cc3ccc(Cl)c(Cl)c3)CC1)CN2C(=O)CC(C)(C)C. The summed E-state index contributed by atoms with van der Waals surface area (Å²) in [5.41, 5.74) is 3.42. The molecular formula is C26H32Cl2N2O2. The second kappa shape index (κ2) is 8.89. The highest BCUT2D eigenvalue weighted by Gasteiger charge is 2.46. The van der Waals surface area contributed by atoms with Crippen molar-refractivity contribution in [3.8, 4) is 5.75 Å². The van der Waals surface area contributed by atoms with Gasteiger partial charge in [0.2, 0.25) is 5.91 Å². The molecule has 4 nitrogen and oxygen atoms in total. The van der Waals surface area contributed by atoms with Crippen LogP contribution in [-0.2, 0) is 16.8 Å². The Morgan fingerprint density at radius 3 is 2.41 bits per heavy atom. The Labute approximate surface area is 201 Å². The molecule has 2 aliphatic heterocycles. The maximum Gasteiger partial charge on any atom is 0.227 e. The number of benzene rings is 2. The number of methoxy groups -OCH3 is 1. The van der Waals surface area contributed by atoms with Crippen molar-refractivity contribution >= 4 is 34.8 Å². The van der Waals surface area contributed by atoms with Crippen molar-refractivity contribution in [1.29, 1.82) is 0 Å². The van der Waals surface area contributed by atoms with Gasteiger partial charge in [-0.3, -0.25) is 9.69 Å². The molecule has 0 radical (unpaired) electrons. The van der Waals surface area contributed by atoms with Crippen molar-refractivity contribution < 1.29 is 9.53 Å². The smallest absolute Gasteiger partial charge is 0.227 e. The van der Waals surface area contributed by atoms with Gasteiger partial charge in [-0.1, -0.05) is 50.0 Å². The molecule has 1 amide bonds. The van der Waals surface area contributed by atoms with Crippen LogP contribution in [0.15, 0.2) is 36.4 Å². The molecule has 32 heavy (non-hydrogen) atoms. The molecule has 1 fully saturated rings. The zero-order chi connectivity index (χ0) is 23.1. The molecule has 1 spiro atoms. The zero-order valence-corrected chi connectivity index (χ0v) is 20.9. The summed E-state index contributed by atoms with van der Waals surface area (Å²) < 4.78 is 5.53. The summed E-state index contributed by atoms with van der Waals surface area (Å²) >= 11 is 12.3. The summed E-state index contributed by atoms with van der Waals surface area (Å²) in [5.74, 6) is 1.06. The second-order valence-corrected chi connectivity index (χ2v) is 11.2. The van der Waals surface area contributed by atoms with E-state index in [4.69, 9.17) is 27.9 Å². The van der Waals surface area contributed by atoms with E-state index in [1.165, 1.54) is 11.1 Å². The molecule has 6 heteroatoms. The van der Waals surface area contributed by atoms with E-state index in [1.807, 2.05) is 29.2 Å². The number of piperidine rings is 1. The molecule has 172 valence electrons. The van der Waals surface area contributed by atoms with Gasteiger partial charge in [0.15, 0.2) is 0 Å². The Hall–Kier alpha value is -1.75. The third-order valence-electron chi connectivity index (χ3n) is 6.71. The van der Waals surface area contributed by atoms with Gasteiger partial charge in [-0.15, -0.1) is 0 Å². The fraction of sp³-hybridized carbons (Fsp3) is 0.500. The van der Waals surface area contributed by atoms with Gasteiger partial charge < -0.3 is 9.64 Å². The first-order chi connectivity index (χ1) is 15.1. The lowest BCUT2D eigenvalue weighted by molar-refractivity contribution is -0.120. The highest BCUT2D eigenvalue weighted by molar-refractivity contribution is 6.42. The lowest BCUT2D eigenvalue weighted by Gasteiger charge is -2.40. The van der Waals surface area contributed by atoms with Crippen LogP contribution in [0.1, 0.15) is 51.2 Å². The number of ether oxygens (including phenoxy) is 1. The zero-order valence-electron chi connectivity index (χ0n) is 19.4. The Kier molecular flexibility index (Phi) is 6.50. The molecule has 4 rings (SSSR count). The third kappa shape index (κ3) is 4.78. The standard InChI is InChI=1S/C26H32Cl2N2O2/c1-25(2,3)15-24(31)30-17-26(20-14-19(32-4)6-8-23(20)30)9-11-29(12-10-26)16-18-5-7-21(27)22(28)13-18/h5-8,13-14H,9-12,15-17H2,1-4H3. The van der Waals surface area contributed by atoms with Gasteiger partial charge in [0.1, 0.15) is 5.75 Å². The van der Waals surface area contributed by atoms with E-state index in [0.717, 1.165) is 50.5 Å². The number of hydrogen-bond acceptors (Lipinski definition) is 3. The maximum atomic E-state index is 13.2. The molecular weight excluding hydrogens is 443 g/mol. The fourth-order valence-electron chi connectivity index (χ4n) is 5.01. The average Bonchev–Trinajstić information content (AvgIpc) is 3.05. The molecule has 0 atom stereocenters. The molecule has 2 heterocycles. The summed E-state index contributed by atoms with van der Waals surface area (Å²) in [6, 6.07) is 12.0. The van der Waals surface area contributed by atoms with Crippen molar-refractivity contribution in [2.75, 3.05) is 31.6 Å². The monoisotopic (exact) mass is 474 g/mol. The first-order valence-corrected chi connectivity index (χ1v) is 12.0. The Balaban J connectivity index is 1.54. The molecule has 0 unspecified atom stereocenters. The van der Waals surface area contributed by atoms with Gasteiger partial charge in [-0.25, -0.2) is 0 Å². The first kappa shape index (κ1) is 23.4. The van der Waals surface area contributed by atoms with Crippen LogP contribution in [0.25, 0.3) is 0 Å². The number of amides is 1. The van der Waals surface area contributed by atoms with Crippen LogP contribution in [0.2, 0.25) is 10.0 Å². The van der Waals surface area contributed by atoms with Gasteiger partial charge >= 0.3 is 0 Å². The van der Waals surface area contributed by atoms with Crippen molar-refractivity contribution in [2.45, 2.75) is 52.0 Å². The minimum atomic E-state index is -0.0390. The van der Waals surface area contributed by atoms with Crippen LogP contribution in [-0.4, -0.2) is 37.6 Å². The number of carbonyl (C=O) groups excluding carboxylic acids is 1. The molecule has 0 N–H and O–H groups in total. The molecule has 0 aliphatic carbocycles. The summed E-state index contributed by atoms with van der Waals surface area (Å²) in [4.78, 5) is 17.7. The van der Waals surface area contributed by atoms with Gasteiger partial charge in [-0.05, 0) is 72.8 Å². The summed E-state index contributed by atoms with van der Waals surface area (Å²) in [5, 5.41) is 1.19. The first-order valence-electron chi connectivity index (χ1n) is 11.3. The van der Waals surface area contributed by atoms with Crippen LogP contribution in [0, 0.1) is 5.41 Å². The normalized spacial score (nSPS) is 18.1. The van der Waals surface area contributed by atoms with E-state index >= 15 is 0 Å². The summed E-state index contributed by atoms with van der Waals surface area (Å²) in [7, 11) is 1.70. The number of likely N-dealkylation sites (tertiary alicyclic amines) is 1. The topological polar surface area (TPSA) is 32.8 Å². The predicted molar refractivity (Wildman–Crippen MR) is 132 cm³/mol. The summed E-state index contributed by atoms with van der Waals surface area (Å²) in [6.07, 6.45) is 2.56. The van der Waals surface area contributed by atoms with Gasteiger partial charge in [0.05, 0.1) is 17.2 Å². The Morgan fingerprint density at radius 1 is 1.06 bits per heavy atom. The van der Waals surface area contributed by atoms with Crippen LogP contribution in [0.5, 0.6) is 5.75 Å².